The molecule has 0 amide bonds. The Kier molecular flexibility index (Phi) is 0.960. The van der Waals surface area contributed by atoms with Crippen molar-refractivity contribution in [1.29, 1.82) is 0 Å². The Labute approximate surface area is 60.9 Å². The molecule has 0 radical (unpaired) electrons. The Morgan fingerprint density at radius 3 is 3.00 bits per heavy atom. The van der Waals surface area contributed by atoms with Gasteiger partial charge in [-0.25, -0.2) is 0 Å². The molecule has 0 saturated carbocycles. The third kappa shape index (κ3) is 0.672. The summed E-state index contributed by atoms with van der Waals surface area (Å²) in [6, 6.07) is 0. The largest absolute Gasteiger partial charge is 0.409 e. The lowest BCUT2D eigenvalue weighted by atomic mass is 10.8. The lowest BCUT2D eigenvalue weighted by Gasteiger charge is -1.72. The molecule has 0 aromatic carbocycles. The number of aryl methyl sites for hydroxylation is 1. The van der Waals surface area contributed by atoms with Crippen molar-refractivity contribution >= 4 is 23.6 Å². The number of oxazole rings is 2. The van der Waals surface area contributed by atoms with Crippen LogP contribution in [0.2, 0.25) is 0 Å². The van der Waals surface area contributed by atoms with Crippen LogP contribution in [0.15, 0.2) is 8.83 Å². The van der Waals surface area contributed by atoms with E-state index in [9.17, 15) is 0 Å². The van der Waals surface area contributed by atoms with E-state index < -0.39 is 0 Å². The van der Waals surface area contributed by atoms with E-state index in [4.69, 9.17) is 8.83 Å². The van der Waals surface area contributed by atoms with Gasteiger partial charge in [-0.2, -0.15) is 4.98 Å². The number of hydrogen-bond donors (Lipinski definition) is 1. The molecular weight excluding hydrogens is 152 g/mol. The van der Waals surface area contributed by atoms with Gasteiger partial charge in [0.2, 0.25) is 5.65 Å². The van der Waals surface area contributed by atoms with Crippen LogP contribution in [0.1, 0.15) is 5.89 Å². The highest BCUT2D eigenvalue weighted by molar-refractivity contribution is 7.71. The van der Waals surface area contributed by atoms with Gasteiger partial charge in [0.1, 0.15) is 0 Å². The molecule has 2 aromatic rings. The minimum Gasteiger partial charge on any atom is -0.409 e. The number of aromatic amines is 1. The second-order valence-electron chi connectivity index (χ2n) is 1.88. The van der Waals surface area contributed by atoms with Crippen molar-refractivity contribution < 1.29 is 8.83 Å². The van der Waals surface area contributed by atoms with Gasteiger partial charge in [-0.1, -0.05) is 0 Å². The maximum absolute atomic E-state index is 5.01. The third-order valence-corrected chi connectivity index (χ3v) is 1.29. The first-order chi connectivity index (χ1) is 4.75. The maximum atomic E-state index is 5.01. The van der Waals surface area contributed by atoms with Crippen LogP contribution < -0.4 is 0 Å². The van der Waals surface area contributed by atoms with Crippen LogP contribution in [0, 0.1) is 11.8 Å². The van der Waals surface area contributed by atoms with E-state index in [1.165, 1.54) is 0 Å². The molecule has 2 rings (SSSR count). The molecule has 0 fully saturated rings. The molecule has 0 aliphatic rings. The van der Waals surface area contributed by atoms with Gasteiger partial charge in [0.05, 0.1) is 0 Å². The number of aromatic nitrogens is 2. The summed E-state index contributed by atoms with van der Waals surface area (Å²) in [5.74, 6) is 0.933. The Balaban J connectivity index is 2.95. The summed E-state index contributed by atoms with van der Waals surface area (Å²) in [7, 11) is 0. The van der Waals surface area contributed by atoms with Crippen LogP contribution in [0.25, 0.3) is 11.4 Å². The molecule has 10 heavy (non-hydrogen) atoms. The van der Waals surface area contributed by atoms with Crippen molar-refractivity contribution in [2.24, 2.45) is 0 Å². The molecule has 1 N–H and O–H groups in total. The van der Waals surface area contributed by atoms with Gasteiger partial charge in [0.25, 0.3) is 4.84 Å². The highest BCUT2D eigenvalue weighted by Crippen LogP contribution is 2.12. The van der Waals surface area contributed by atoms with E-state index in [2.05, 4.69) is 22.2 Å². The van der Waals surface area contributed by atoms with Crippen LogP contribution in [-0.2, 0) is 0 Å². The van der Waals surface area contributed by atoms with Crippen molar-refractivity contribution in [2.75, 3.05) is 0 Å². The first-order valence-electron chi connectivity index (χ1n) is 2.72. The fraction of sp³-hybridized carbons (Fsp3) is 0.200. The molecule has 0 spiro atoms. The summed E-state index contributed by atoms with van der Waals surface area (Å²) in [6.07, 6.45) is 0. The average molecular weight is 156 g/mol. The van der Waals surface area contributed by atoms with Crippen molar-refractivity contribution in [3.05, 3.63) is 10.7 Å². The number of hydrogen-bond acceptors (Lipinski definition) is 4. The van der Waals surface area contributed by atoms with Crippen LogP contribution in [0.4, 0.5) is 0 Å². The first kappa shape index (κ1) is 5.67. The monoisotopic (exact) mass is 156 g/mol. The van der Waals surface area contributed by atoms with Gasteiger partial charge in [-0.3, -0.25) is 4.98 Å². The Hall–Kier alpha value is -1.10. The molecule has 5 heteroatoms. The molecular formula is C5H4N2O2S. The second kappa shape index (κ2) is 1.69. The van der Waals surface area contributed by atoms with Gasteiger partial charge >= 0.3 is 5.78 Å². The van der Waals surface area contributed by atoms with Gasteiger partial charge < -0.3 is 8.83 Å². The first-order valence-corrected chi connectivity index (χ1v) is 3.13. The molecule has 2 heterocycles. The third-order valence-electron chi connectivity index (χ3n) is 1.11. The predicted octanol–water partition coefficient (Wildman–Crippen LogP) is 1.79. The number of fused-ring (bicyclic) bond motifs is 1. The van der Waals surface area contributed by atoms with Crippen molar-refractivity contribution in [3.8, 4) is 0 Å². The number of H-pyrrole nitrogens is 1. The van der Waals surface area contributed by atoms with E-state index in [1.54, 1.807) is 6.92 Å². The Morgan fingerprint density at radius 1 is 1.50 bits per heavy atom. The number of nitrogens with zero attached hydrogens (tertiary/aromatic N) is 1. The van der Waals surface area contributed by atoms with Gasteiger partial charge in [0.15, 0.2) is 5.89 Å². The zero-order chi connectivity index (χ0) is 7.14. The lowest BCUT2D eigenvalue weighted by Crippen LogP contribution is -1.68. The summed E-state index contributed by atoms with van der Waals surface area (Å²) in [4.78, 5) is 6.97. The van der Waals surface area contributed by atoms with Crippen LogP contribution in [0.3, 0.4) is 0 Å². The minimum absolute atomic E-state index is 0.293. The summed E-state index contributed by atoms with van der Waals surface area (Å²) in [5.41, 5.74) is 0.572. The van der Waals surface area contributed by atoms with Crippen LogP contribution in [-0.4, -0.2) is 9.97 Å². The minimum atomic E-state index is 0.293. The predicted molar refractivity (Wildman–Crippen MR) is 36.2 cm³/mol. The maximum Gasteiger partial charge on any atom is 0.338 e. The second-order valence-corrected chi connectivity index (χ2v) is 2.25. The fourth-order valence-corrected chi connectivity index (χ4v) is 0.935. The van der Waals surface area contributed by atoms with Crippen molar-refractivity contribution in [1.82, 2.24) is 9.97 Å². The molecule has 52 valence electrons. The summed E-state index contributed by atoms with van der Waals surface area (Å²) < 4.78 is 9.93. The van der Waals surface area contributed by atoms with E-state index in [-0.39, 0.29) is 0 Å². The molecule has 0 atom stereocenters. The Morgan fingerprint density at radius 2 is 2.30 bits per heavy atom. The molecule has 0 unspecified atom stereocenters. The Bertz CT molecular complexity index is 376. The molecule has 0 aliphatic heterocycles. The number of nitrogens with one attached hydrogen (secondary N) is 1. The van der Waals surface area contributed by atoms with Crippen molar-refractivity contribution in [3.63, 3.8) is 0 Å². The highest BCUT2D eigenvalue weighted by atomic mass is 32.1. The molecule has 2 aromatic heterocycles. The number of rotatable bonds is 0. The zero-order valence-electron chi connectivity index (χ0n) is 5.17. The quantitative estimate of drug-likeness (QED) is 0.591. The smallest absolute Gasteiger partial charge is 0.338 e. The van der Waals surface area contributed by atoms with E-state index >= 15 is 0 Å². The fourth-order valence-electron chi connectivity index (χ4n) is 0.763. The van der Waals surface area contributed by atoms with Gasteiger partial charge in [0, 0.05) is 6.92 Å². The summed E-state index contributed by atoms with van der Waals surface area (Å²) in [6.45, 7) is 1.74. The SMILES string of the molecule is Cc1nc2[nH]c(=S)oc2o1. The van der Waals surface area contributed by atoms with Gasteiger partial charge in [-0.05, 0) is 12.2 Å². The molecule has 0 bridgehead atoms. The van der Waals surface area contributed by atoms with Crippen molar-refractivity contribution in [2.45, 2.75) is 6.92 Å². The zero-order valence-corrected chi connectivity index (χ0v) is 5.99. The average Bonchev–Trinajstić information content (AvgIpc) is 2.21. The summed E-state index contributed by atoms with van der Waals surface area (Å²) >= 11 is 4.69. The highest BCUT2D eigenvalue weighted by Gasteiger charge is 2.04. The molecule has 4 nitrogen and oxygen atoms in total. The van der Waals surface area contributed by atoms with E-state index in [1.807, 2.05) is 0 Å². The van der Waals surface area contributed by atoms with Crippen LogP contribution in [0.5, 0.6) is 0 Å². The van der Waals surface area contributed by atoms with Crippen LogP contribution >= 0.6 is 12.2 Å². The van der Waals surface area contributed by atoms with E-state index in [0.29, 0.717) is 22.2 Å². The van der Waals surface area contributed by atoms with E-state index in [0.717, 1.165) is 0 Å². The lowest BCUT2D eigenvalue weighted by molar-refractivity contribution is 0.445. The summed E-state index contributed by atoms with van der Waals surface area (Å²) in [5, 5.41) is 0. The standard InChI is InChI=1S/C5H4N2O2S/c1-2-6-3-4(8-2)9-5(10)7-3/h1H3,(H,7,10). The molecule has 0 aliphatic carbocycles. The normalized spacial score (nSPS) is 10.9. The topological polar surface area (TPSA) is 55.0 Å². The van der Waals surface area contributed by atoms with Gasteiger partial charge in [-0.15, -0.1) is 0 Å². The molecule has 0 saturated heterocycles.